The van der Waals surface area contributed by atoms with E-state index in [4.69, 9.17) is 9.47 Å². The number of ether oxygens (including phenoxy) is 2. The van der Waals surface area contributed by atoms with E-state index in [1.54, 1.807) is 19.1 Å². The molecule has 0 aliphatic carbocycles. The monoisotopic (exact) mass is 386 g/mol. The normalized spacial score (nSPS) is 11.4. The lowest BCUT2D eigenvalue weighted by Crippen LogP contribution is -2.41. The number of amides is 2. The number of phenolic OH excluding ortho intramolecular Hbond substituents is 1. The molecule has 0 aliphatic rings. The fraction of sp³-hybridized carbons (Fsp3) is 0.333. The van der Waals surface area contributed by atoms with E-state index >= 15 is 0 Å². The van der Waals surface area contributed by atoms with Crippen molar-refractivity contribution in [1.82, 2.24) is 10.6 Å². The van der Waals surface area contributed by atoms with Gasteiger partial charge >= 0.3 is 0 Å². The van der Waals surface area contributed by atoms with Crippen molar-refractivity contribution in [3.8, 4) is 17.2 Å². The Bertz CT molecular complexity index is 805. The fourth-order valence-electron chi connectivity index (χ4n) is 2.39. The molecule has 0 spiro atoms. The number of phenols is 1. The zero-order chi connectivity index (χ0) is 20.5. The topological polar surface area (TPSA) is 96.9 Å². The zero-order valence-corrected chi connectivity index (χ0v) is 16.3. The summed E-state index contributed by atoms with van der Waals surface area (Å²) in [5, 5.41) is 14.6. The van der Waals surface area contributed by atoms with Gasteiger partial charge in [-0.05, 0) is 62.2 Å². The minimum absolute atomic E-state index is 0.0847. The molecule has 3 N–H and O–H groups in total. The second kappa shape index (κ2) is 10.2. The molecule has 0 saturated carbocycles. The van der Waals surface area contributed by atoms with Crippen molar-refractivity contribution >= 4 is 11.8 Å². The molecule has 0 aliphatic heterocycles. The van der Waals surface area contributed by atoms with Crippen molar-refractivity contribution in [2.45, 2.75) is 26.9 Å². The maximum absolute atomic E-state index is 12.0. The standard InChI is InChI=1S/C21H26N2O5/c1-14-5-4-6-19(15(14)2)27-13-20(25)22-11-12-23-21(26)16(3)28-18-9-7-17(24)8-10-18/h4-10,16,24H,11-13H2,1-3H3,(H,22,25)(H,23,26). The third-order valence-corrected chi connectivity index (χ3v) is 4.18. The molecule has 7 heteroatoms. The molecular weight excluding hydrogens is 360 g/mol. The van der Waals surface area contributed by atoms with E-state index < -0.39 is 6.10 Å². The van der Waals surface area contributed by atoms with Crippen molar-refractivity contribution in [3.63, 3.8) is 0 Å². The van der Waals surface area contributed by atoms with Gasteiger partial charge in [0.25, 0.3) is 11.8 Å². The number of nitrogens with one attached hydrogen (secondary N) is 2. The first-order valence-corrected chi connectivity index (χ1v) is 9.06. The van der Waals surface area contributed by atoms with E-state index in [-0.39, 0.29) is 37.3 Å². The lowest BCUT2D eigenvalue weighted by Gasteiger charge is -2.15. The van der Waals surface area contributed by atoms with Crippen LogP contribution in [0.5, 0.6) is 17.2 Å². The van der Waals surface area contributed by atoms with Crippen molar-refractivity contribution in [2.24, 2.45) is 0 Å². The second-order valence-corrected chi connectivity index (χ2v) is 6.38. The summed E-state index contributed by atoms with van der Waals surface area (Å²) in [7, 11) is 0. The Morgan fingerprint density at radius 1 is 1.04 bits per heavy atom. The zero-order valence-electron chi connectivity index (χ0n) is 16.3. The molecule has 0 aromatic heterocycles. The molecule has 0 saturated heterocycles. The minimum Gasteiger partial charge on any atom is -0.508 e. The van der Waals surface area contributed by atoms with E-state index in [0.29, 0.717) is 11.5 Å². The van der Waals surface area contributed by atoms with Gasteiger partial charge in [-0.25, -0.2) is 0 Å². The summed E-state index contributed by atoms with van der Waals surface area (Å²) in [6, 6.07) is 11.8. The SMILES string of the molecule is Cc1cccc(OCC(=O)NCCNC(=O)C(C)Oc2ccc(O)cc2)c1C. The average Bonchev–Trinajstić information content (AvgIpc) is 2.68. The predicted octanol–water partition coefficient (Wildman–Crippen LogP) is 2.09. The smallest absolute Gasteiger partial charge is 0.260 e. The summed E-state index contributed by atoms with van der Waals surface area (Å²) < 4.78 is 11.0. The maximum Gasteiger partial charge on any atom is 0.260 e. The Balaban J connectivity index is 1.64. The Morgan fingerprint density at radius 2 is 1.71 bits per heavy atom. The van der Waals surface area contributed by atoms with Gasteiger partial charge in [-0.3, -0.25) is 9.59 Å². The van der Waals surface area contributed by atoms with E-state index in [9.17, 15) is 14.7 Å². The predicted molar refractivity (Wildman–Crippen MR) is 106 cm³/mol. The van der Waals surface area contributed by atoms with Crippen molar-refractivity contribution < 1.29 is 24.2 Å². The van der Waals surface area contributed by atoms with E-state index in [1.165, 1.54) is 12.1 Å². The number of aryl methyl sites for hydroxylation is 1. The summed E-state index contributed by atoms with van der Waals surface area (Å²) in [6.45, 7) is 6.03. The summed E-state index contributed by atoms with van der Waals surface area (Å²) >= 11 is 0. The largest absolute Gasteiger partial charge is 0.508 e. The van der Waals surface area contributed by atoms with Gasteiger partial charge < -0.3 is 25.2 Å². The van der Waals surface area contributed by atoms with Gasteiger partial charge in [0.05, 0.1) is 0 Å². The molecular formula is C21H26N2O5. The Labute approximate surface area is 164 Å². The van der Waals surface area contributed by atoms with Crippen LogP contribution in [0.1, 0.15) is 18.1 Å². The molecule has 0 bridgehead atoms. The molecule has 2 aromatic carbocycles. The lowest BCUT2D eigenvalue weighted by atomic mass is 10.1. The highest BCUT2D eigenvalue weighted by Crippen LogP contribution is 2.20. The number of rotatable bonds is 9. The third kappa shape index (κ3) is 6.50. The molecule has 1 atom stereocenters. The van der Waals surface area contributed by atoms with Crippen LogP contribution in [-0.4, -0.2) is 42.7 Å². The van der Waals surface area contributed by atoms with Crippen LogP contribution in [0, 0.1) is 13.8 Å². The van der Waals surface area contributed by atoms with Crippen LogP contribution in [0.4, 0.5) is 0 Å². The van der Waals surface area contributed by atoms with Crippen molar-refractivity contribution in [1.29, 1.82) is 0 Å². The third-order valence-electron chi connectivity index (χ3n) is 4.18. The van der Waals surface area contributed by atoms with Gasteiger partial charge in [0.2, 0.25) is 0 Å². The summed E-state index contributed by atoms with van der Waals surface area (Å²) in [4.78, 5) is 23.9. The molecule has 0 fully saturated rings. The molecule has 2 rings (SSSR count). The van der Waals surface area contributed by atoms with E-state index in [2.05, 4.69) is 10.6 Å². The number of aromatic hydroxyl groups is 1. The number of hydrogen-bond acceptors (Lipinski definition) is 5. The molecule has 0 radical (unpaired) electrons. The maximum atomic E-state index is 12.0. The van der Waals surface area contributed by atoms with Gasteiger partial charge in [-0.1, -0.05) is 12.1 Å². The van der Waals surface area contributed by atoms with Crippen LogP contribution in [0.2, 0.25) is 0 Å². The van der Waals surface area contributed by atoms with Crippen LogP contribution in [-0.2, 0) is 9.59 Å². The highest BCUT2D eigenvalue weighted by Gasteiger charge is 2.14. The van der Waals surface area contributed by atoms with E-state index in [0.717, 1.165) is 11.1 Å². The van der Waals surface area contributed by atoms with Crippen LogP contribution in [0.15, 0.2) is 42.5 Å². The van der Waals surface area contributed by atoms with Gasteiger partial charge in [-0.2, -0.15) is 0 Å². The first-order valence-electron chi connectivity index (χ1n) is 9.06. The molecule has 28 heavy (non-hydrogen) atoms. The lowest BCUT2D eigenvalue weighted by molar-refractivity contribution is -0.127. The van der Waals surface area contributed by atoms with Crippen molar-refractivity contribution in [3.05, 3.63) is 53.6 Å². The summed E-state index contributed by atoms with van der Waals surface area (Å²) in [6.07, 6.45) is -0.701. The van der Waals surface area contributed by atoms with Crippen LogP contribution in [0.25, 0.3) is 0 Å². The molecule has 2 amide bonds. The summed E-state index contributed by atoms with van der Waals surface area (Å²) in [5.41, 5.74) is 2.11. The van der Waals surface area contributed by atoms with Crippen LogP contribution < -0.4 is 20.1 Å². The number of hydrogen-bond donors (Lipinski definition) is 3. The van der Waals surface area contributed by atoms with Crippen molar-refractivity contribution in [2.75, 3.05) is 19.7 Å². The Hall–Kier alpha value is -3.22. The molecule has 0 heterocycles. The fourth-order valence-corrected chi connectivity index (χ4v) is 2.39. The average molecular weight is 386 g/mol. The van der Waals surface area contributed by atoms with Gasteiger partial charge in [-0.15, -0.1) is 0 Å². The first-order chi connectivity index (χ1) is 13.4. The highest BCUT2D eigenvalue weighted by atomic mass is 16.5. The molecule has 2 aromatic rings. The summed E-state index contributed by atoms with van der Waals surface area (Å²) in [5.74, 6) is 0.736. The highest BCUT2D eigenvalue weighted by molar-refractivity contribution is 5.81. The molecule has 150 valence electrons. The van der Waals surface area contributed by atoms with E-state index in [1.807, 2.05) is 32.0 Å². The van der Waals surface area contributed by atoms with Gasteiger partial charge in [0.1, 0.15) is 17.2 Å². The van der Waals surface area contributed by atoms with Gasteiger partial charge in [0, 0.05) is 13.1 Å². The minimum atomic E-state index is -0.701. The Kier molecular flexibility index (Phi) is 7.68. The molecule has 7 nitrogen and oxygen atoms in total. The second-order valence-electron chi connectivity index (χ2n) is 6.38. The quantitative estimate of drug-likeness (QED) is 0.574. The first kappa shape index (κ1) is 21.1. The number of carbonyl (C=O) groups is 2. The Morgan fingerprint density at radius 3 is 2.43 bits per heavy atom. The van der Waals surface area contributed by atoms with Crippen LogP contribution >= 0.6 is 0 Å². The molecule has 1 unspecified atom stereocenters. The number of carbonyl (C=O) groups excluding carboxylic acids is 2. The van der Waals surface area contributed by atoms with Crippen LogP contribution in [0.3, 0.4) is 0 Å². The van der Waals surface area contributed by atoms with Gasteiger partial charge in [0.15, 0.2) is 12.7 Å². The number of benzene rings is 2.